The van der Waals surface area contributed by atoms with Gasteiger partial charge >= 0.3 is 0 Å². The van der Waals surface area contributed by atoms with Crippen molar-refractivity contribution < 1.29 is 13.2 Å². The van der Waals surface area contributed by atoms with Crippen LogP contribution in [0.4, 0.5) is 5.69 Å². The maximum atomic E-state index is 12.2. The second-order valence-electron chi connectivity index (χ2n) is 6.11. The van der Waals surface area contributed by atoms with Gasteiger partial charge in [-0.2, -0.15) is 0 Å². The molecule has 2 aromatic rings. The Morgan fingerprint density at radius 3 is 2.35 bits per heavy atom. The first-order valence-electron chi connectivity index (χ1n) is 7.97. The quantitative estimate of drug-likeness (QED) is 0.624. The van der Waals surface area contributed by atoms with Gasteiger partial charge in [-0.1, -0.05) is 30.3 Å². The molecule has 0 spiro atoms. The molecular formula is C18H24ClN3O3S. The molecule has 0 atom stereocenters. The summed E-state index contributed by atoms with van der Waals surface area (Å²) in [5, 5.41) is 2.80. The van der Waals surface area contributed by atoms with Crippen LogP contribution in [0.3, 0.4) is 0 Å². The van der Waals surface area contributed by atoms with Crippen LogP contribution >= 0.6 is 12.4 Å². The third-order valence-electron chi connectivity index (χ3n) is 3.47. The van der Waals surface area contributed by atoms with Crippen molar-refractivity contribution in [3.05, 3.63) is 65.2 Å². The first kappa shape index (κ1) is 22.0. The van der Waals surface area contributed by atoms with Gasteiger partial charge in [0.25, 0.3) is 5.91 Å². The maximum absolute atomic E-state index is 12.2. The van der Waals surface area contributed by atoms with Crippen LogP contribution in [0.2, 0.25) is 0 Å². The van der Waals surface area contributed by atoms with E-state index in [9.17, 15) is 13.2 Å². The van der Waals surface area contributed by atoms with Crippen molar-refractivity contribution in [1.29, 1.82) is 0 Å². The highest BCUT2D eigenvalue weighted by atomic mass is 35.5. The fraction of sp³-hybridized carbons (Fsp3) is 0.278. The molecule has 0 radical (unpaired) electrons. The lowest BCUT2D eigenvalue weighted by Crippen LogP contribution is -2.32. The summed E-state index contributed by atoms with van der Waals surface area (Å²) in [6.07, 6.45) is 0. The van der Waals surface area contributed by atoms with Crippen LogP contribution in [0, 0.1) is 0 Å². The smallest absolute Gasteiger partial charge is 0.251 e. The van der Waals surface area contributed by atoms with E-state index < -0.39 is 10.0 Å². The average molecular weight is 398 g/mol. The molecular weight excluding hydrogens is 374 g/mol. The first-order valence-corrected chi connectivity index (χ1v) is 9.62. The minimum absolute atomic E-state index is 0. The Balaban J connectivity index is 0.00000338. The number of benzene rings is 2. The summed E-state index contributed by atoms with van der Waals surface area (Å²) in [6, 6.07) is 13.7. The van der Waals surface area contributed by atoms with E-state index in [0.29, 0.717) is 16.8 Å². The predicted molar refractivity (Wildman–Crippen MR) is 107 cm³/mol. The van der Waals surface area contributed by atoms with E-state index in [1.165, 1.54) is 0 Å². The van der Waals surface area contributed by atoms with Crippen LogP contribution in [0.1, 0.15) is 35.3 Å². The van der Waals surface area contributed by atoms with Crippen LogP contribution in [0.25, 0.3) is 0 Å². The Morgan fingerprint density at radius 1 is 1.08 bits per heavy atom. The van der Waals surface area contributed by atoms with Crippen LogP contribution in [-0.2, 0) is 22.3 Å². The highest BCUT2D eigenvalue weighted by Gasteiger charge is 2.15. The van der Waals surface area contributed by atoms with Gasteiger partial charge in [0.2, 0.25) is 10.0 Å². The Labute approximate surface area is 160 Å². The molecule has 0 aliphatic carbocycles. The van der Waals surface area contributed by atoms with Crippen LogP contribution < -0.4 is 15.8 Å². The number of amides is 1. The van der Waals surface area contributed by atoms with Crippen LogP contribution in [-0.4, -0.2) is 20.4 Å². The van der Waals surface area contributed by atoms with Gasteiger partial charge in [-0.3, -0.25) is 4.79 Å². The molecule has 1 amide bonds. The van der Waals surface area contributed by atoms with E-state index in [1.807, 2.05) is 6.07 Å². The summed E-state index contributed by atoms with van der Waals surface area (Å²) in [5.41, 5.74) is 8.07. The molecule has 142 valence electrons. The molecule has 0 bridgehead atoms. The second kappa shape index (κ2) is 9.56. The minimum atomic E-state index is -3.43. The Morgan fingerprint density at radius 2 is 1.73 bits per heavy atom. The van der Waals surface area contributed by atoms with Gasteiger partial charge in [-0.05, 0) is 43.2 Å². The summed E-state index contributed by atoms with van der Waals surface area (Å²) in [5.74, 6) is -0.388. The maximum Gasteiger partial charge on any atom is 0.251 e. The molecule has 0 fully saturated rings. The van der Waals surface area contributed by atoms with Crippen LogP contribution in [0.15, 0.2) is 48.5 Å². The summed E-state index contributed by atoms with van der Waals surface area (Å²) >= 11 is 0. The summed E-state index contributed by atoms with van der Waals surface area (Å²) in [4.78, 5) is 12.2. The summed E-state index contributed by atoms with van der Waals surface area (Å²) in [6.45, 7) is 3.78. The van der Waals surface area contributed by atoms with Gasteiger partial charge in [0.1, 0.15) is 0 Å². The summed E-state index contributed by atoms with van der Waals surface area (Å²) in [7, 11) is -3.43. The molecule has 0 aliphatic heterocycles. The number of nitrogens with two attached hydrogens (primary N) is 1. The number of nitrogen functional groups attached to an aromatic ring is 1. The third kappa shape index (κ3) is 6.67. The molecule has 0 aromatic heterocycles. The standard InChI is InChI=1S/C18H23N3O3S.ClH/c1-13(2)21-25(23,24)12-16-7-4-3-6-15(16)11-20-18(22)14-8-5-9-17(19)10-14;/h3-10,13,21H,11-12,19H2,1-2H3,(H,20,22);1H. The fourth-order valence-electron chi connectivity index (χ4n) is 2.43. The number of hydrogen-bond donors (Lipinski definition) is 3. The van der Waals surface area contributed by atoms with Crippen molar-refractivity contribution in [3.8, 4) is 0 Å². The lowest BCUT2D eigenvalue weighted by Gasteiger charge is -2.13. The Bertz CT molecular complexity index is 854. The van der Waals surface area contributed by atoms with Crippen LogP contribution in [0.5, 0.6) is 0 Å². The largest absolute Gasteiger partial charge is 0.399 e. The Hall–Kier alpha value is -2.09. The second-order valence-corrected chi connectivity index (χ2v) is 7.86. The molecule has 0 unspecified atom stereocenters. The third-order valence-corrected chi connectivity index (χ3v) is 4.99. The van der Waals surface area contributed by atoms with Gasteiger partial charge in [-0.15, -0.1) is 12.4 Å². The Kier molecular flexibility index (Phi) is 8.08. The highest BCUT2D eigenvalue weighted by Crippen LogP contribution is 2.13. The molecule has 8 heteroatoms. The number of carbonyl (C=O) groups excluding carboxylic acids is 1. The predicted octanol–water partition coefficient (Wildman–Crippen LogP) is 2.45. The normalized spacial score (nSPS) is 11.0. The molecule has 4 N–H and O–H groups in total. The van der Waals surface area contributed by atoms with E-state index in [4.69, 9.17) is 5.73 Å². The number of anilines is 1. The van der Waals surface area contributed by atoms with Crippen molar-refractivity contribution >= 4 is 34.0 Å². The lowest BCUT2D eigenvalue weighted by atomic mass is 10.1. The lowest BCUT2D eigenvalue weighted by molar-refractivity contribution is 0.0951. The number of sulfonamides is 1. The molecule has 0 aliphatic rings. The zero-order valence-corrected chi connectivity index (χ0v) is 16.4. The van der Waals surface area contributed by atoms with Gasteiger partial charge in [0.05, 0.1) is 5.75 Å². The highest BCUT2D eigenvalue weighted by molar-refractivity contribution is 7.88. The number of rotatable bonds is 7. The number of nitrogens with one attached hydrogen (secondary N) is 2. The van der Waals surface area contributed by atoms with E-state index >= 15 is 0 Å². The van der Waals surface area contributed by atoms with E-state index in [-0.39, 0.29) is 36.7 Å². The molecule has 0 saturated heterocycles. The minimum Gasteiger partial charge on any atom is -0.399 e. The molecule has 0 heterocycles. The number of halogens is 1. The monoisotopic (exact) mass is 397 g/mol. The van der Waals surface area contributed by atoms with Crippen molar-refractivity contribution in [3.63, 3.8) is 0 Å². The molecule has 26 heavy (non-hydrogen) atoms. The van der Waals surface area contributed by atoms with Crippen molar-refractivity contribution in [1.82, 2.24) is 10.0 Å². The van der Waals surface area contributed by atoms with E-state index in [2.05, 4.69) is 10.0 Å². The number of hydrogen-bond acceptors (Lipinski definition) is 4. The van der Waals surface area contributed by atoms with Crippen molar-refractivity contribution in [2.75, 3.05) is 5.73 Å². The summed E-state index contributed by atoms with van der Waals surface area (Å²) < 4.78 is 26.9. The van der Waals surface area contributed by atoms with Gasteiger partial charge < -0.3 is 11.1 Å². The van der Waals surface area contributed by atoms with Gasteiger partial charge in [-0.25, -0.2) is 13.1 Å². The first-order chi connectivity index (χ1) is 11.8. The topological polar surface area (TPSA) is 101 Å². The average Bonchev–Trinajstić information content (AvgIpc) is 2.52. The molecule has 2 rings (SSSR count). The SMILES string of the molecule is CC(C)NS(=O)(=O)Cc1ccccc1CNC(=O)c1cccc(N)c1.Cl. The van der Waals surface area contributed by atoms with Crippen molar-refractivity contribution in [2.45, 2.75) is 32.2 Å². The van der Waals surface area contributed by atoms with Gasteiger partial charge in [0, 0.05) is 23.8 Å². The molecule has 2 aromatic carbocycles. The molecule has 6 nitrogen and oxygen atoms in total. The zero-order valence-electron chi connectivity index (χ0n) is 14.7. The number of carbonyl (C=O) groups is 1. The van der Waals surface area contributed by atoms with Gasteiger partial charge in [0.15, 0.2) is 0 Å². The molecule has 0 saturated carbocycles. The van der Waals surface area contributed by atoms with E-state index in [0.717, 1.165) is 5.56 Å². The van der Waals surface area contributed by atoms with E-state index in [1.54, 1.807) is 56.3 Å². The fourth-order valence-corrected chi connectivity index (χ4v) is 3.93. The van der Waals surface area contributed by atoms with Crippen molar-refractivity contribution in [2.24, 2.45) is 0 Å². The zero-order chi connectivity index (χ0) is 18.4.